The number of benzene rings is 1. The van der Waals surface area contributed by atoms with Crippen molar-refractivity contribution >= 4 is 17.6 Å². The van der Waals surface area contributed by atoms with Gasteiger partial charge in [-0.2, -0.15) is 0 Å². The van der Waals surface area contributed by atoms with Crippen molar-refractivity contribution in [3.05, 3.63) is 42.6 Å². The number of hydrogen-bond acceptors (Lipinski definition) is 4. The average molecular weight is 301 g/mol. The van der Waals surface area contributed by atoms with E-state index in [1.54, 1.807) is 12.3 Å². The highest BCUT2D eigenvalue weighted by Gasteiger charge is 2.03. The molecule has 1 aromatic carbocycles. The highest BCUT2D eigenvalue weighted by atomic mass is 16.5. The van der Waals surface area contributed by atoms with Gasteiger partial charge in [0.1, 0.15) is 5.82 Å². The van der Waals surface area contributed by atoms with Gasteiger partial charge in [0.05, 0.1) is 7.11 Å². The largest absolute Gasteiger partial charge is 0.453 e. The van der Waals surface area contributed by atoms with Gasteiger partial charge in [-0.25, -0.2) is 9.78 Å². The summed E-state index contributed by atoms with van der Waals surface area (Å²) in [6, 6.07) is 11.4. The fraction of sp³-hybridized carbons (Fsp3) is 0.294. The van der Waals surface area contributed by atoms with Crippen LogP contribution in [0.4, 0.5) is 16.3 Å². The number of methoxy groups -OCH3 is 1. The molecule has 1 aromatic heterocycles. The summed E-state index contributed by atoms with van der Waals surface area (Å²) in [7, 11) is 3.16. The molecule has 0 aliphatic heterocycles. The first-order valence-electron chi connectivity index (χ1n) is 7.23. The summed E-state index contributed by atoms with van der Waals surface area (Å²) < 4.78 is 4.57. The Hall–Kier alpha value is -2.56. The number of amides is 1. The van der Waals surface area contributed by atoms with Crippen LogP contribution >= 0.6 is 0 Å². The maximum Gasteiger partial charge on any atom is 0.411 e. The molecule has 2 rings (SSSR count). The van der Waals surface area contributed by atoms with Crippen molar-refractivity contribution in [2.45, 2.75) is 20.3 Å². The summed E-state index contributed by atoms with van der Waals surface area (Å²) in [6.45, 7) is 4.25. The summed E-state index contributed by atoms with van der Waals surface area (Å²) in [5.74, 6) is 0.795. The molecular formula is C17H23N3O2. The van der Waals surface area contributed by atoms with Crippen molar-refractivity contribution in [2.75, 3.05) is 24.8 Å². The van der Waals surface area contributed by atoms with Crippen molar-refractivity contribution in [3.8, 4) is 11.1 Å². The lowest BCUT2D eigenvalue weighted by molar-refractivity contribution is 0.187. The molecule has 0 fully saturated rings. The number of aromatic nitrogens is 1. The van der Waals surface area contributed by atoms with Gasteiger partial charge in [-0.05, 0) is 35.4 Å². The Morgan fingerprint density at radius 3 is 2.50 bits per heavy atom. The predicted octanol–water partition coefficient (Wildman–Crippen LogP) is 4.38. The lowest BCUT2D eigenvalue weighted by atomic mass is 10.1. The van der Waals surface area contributed by atoms with Gasteiger partial charge in [0.15, 0.2) is 0 Å². The maximum absolute atomic E-state index is 11.2. The third-order valence-electron chi connectivity index (χ3n) is 2.64. The summed E-state index contributed by atoms with van der Waals surface area (Å²) in [5, 5.41) is 5.63. The zero-order valence-electron chi connectivity index (χ0n) is 13.5. The van der Waals surface area contributed by atoms with E-state index in [0.717, 1.165) is 16.9 Å². The normalized spacial score (nSPS) is 9.27. The van der Waals surface area contributed by atoms with Gasteiger partial charge in [-0.1, -0.05) is 32.4 Å². The minimum Gasteiger partial charge on any atom is -0.453 e. The van der Waals surface area contributed by atoms with Crippen LogP contribution in [0.2, 0.25) is 0 Å². The Balaban J connectivity index is 0.000000745. The van der Waals surface area contributed by atoms with Gasteiger partial charge in [0.2, 0.25) is 0 Å². The predicted molar refractivity (Wildman–Crippen MR) is 91.2 cm³/mol. The molecule has 0 spiro atoms. The first kappa shape index (κ1) is 17.5. The molecule has 0 saturated heterocycles. The fourth-order valence-corrected chi connectivity index (χ4v) is 1.69. The van der Waals surface area contributed by atoms with Gasteiger partial charge in [-0.15, -0.1) is 0 Å². The smallest absolute Gasteiger partial charge is 0.411 e. The monoisotopic (exact) mass is 301 g/mol. The highest BCUT2D eigenvalue weighted by Crippen LogP contribution is 2.24. The Bertz CT molecular complexity index is 600. The molecule has 5 nitrogen and oxygen atoms in total. The lowest BCUT2D eigenvalue weighted by Gasteiger charge is -2.07. The molecule has 0 bridgehead atoms. The standard InChI is InChI=1S/C14H15N3O2.C3H8/c1-15-13-9-11(6-7-16-13)10-4-3-5-12(8-10)17-14(18)19-2;1-3-2/h3-9H,1-2H3,(H,15,16)(H,17,18);3H2,1-2H3. The summed E-state index contributed by atoms with van der Waals surface area (Å²) in [4.78, 5) is 15.3. The van der Waals surface area contributed by atoms with E-state index < -0.39 is 6.09 Å². The van der Waals surface area contributed by atoms with E-state index in [1.807, 2.05) is 37.4 Å². The molecule has 0 aliphatic rings. The van der Waals surface area contributed by atoms with E-state index in [1.165, 1.54) is 13.5 Å². The van der Waals surface area contributed by atoms with Crippen molar-refractivity contribution in [1.29, 1.82) is 0 Å². The first-order chi connectivity index (χ1) is 10.6. The fourth-order valence-electron chi connectivity index (χ4n) is 1.69. The quantitative estimate of drug-likeness (QED) is 0.882. The number of ether oxygens (including phenoxy) is 1. The molecule has 1 amide bonds. The number of anilines is 2. The Labute approximate surface area is 131 Å². The molecule has 0 atom stereocenters. The molecule has 118 valence electrons. The second kappa shape index (κ2) is 9.39. The minimum atomic E-state index is -0.484. The number of hydrogen-bond donors (Lipinski definition) is 2. The molecule has 5 heteroatoms. The molecule has 2 aromatic rings. The highest BCUT2D eigenvalue weighted by molar-refractivity contribution is 5.85. The summed E-state index contributed by atoms with van der Waals surface area (Å²) >= 11 is 0. The Morgan fingerprint density at radius 2 is 1.86 bits per heavy atom. The third kappa shape index (κ3) is 5.44. The molecule has 0 radical (unpaired) electrons. The minimum absolute atomic E-state index is 0.484. The van der Waals surface area contributed by atoms with Crippen LogP contribution in [0.1, 0.15) is 20.3 Å². The van der Waals surface area contributed by atoms with E-state index in [2.05, 4.69) is 34.2 Å². The van der Waals surface area contributed by atoms with Crippen LogP contribution in [0.15, 0.2) is 42.6 Å². The first-order valence-corrected chi connectivity index (χ1v) is 7.23. The van der Waals surface area contributed by atoms with E-state index in [4.69, 9.17) is 0 Å². The van der Waals surface area contributed by atoms with E-state index in [9.17, 15) is 4.79 Å². The van der Waals surface area contributed by atoms with E-state index in [-0.39, 0.29) is 0 Å². The van der Waals surface area contributed by atoms with Crippen LogP contribution in [0.3, 0.4) is 0 Å². The number of pyridine rings is 1. The molecular weight excluding hydrogens is 278 g/mol. The number of nitrogens with one attached hydrogen (secondary N) is 2. The van der Waals surface area contributed by atoms with Gasteiger partial charge < -0.3 is 10.1 Å². The van der Waals surface area contributed by atoms with Crippen LogP contribution in [0.5, 0.6) is 0 Å². The Kier molecular flexibility index (Phi) is 7.47. The van der Waals surface area contributed by atoms with Crippen LogP contribution < -0.4 is 10.6 Å². The molecule has 1 heterocycles. The SMILES string of the molecule is CCC.CNc1cc(-c2cccc(NC(=O)OC)c2)ccn1. The van der Waals surface area contributed by atoms with E-state index in [0.29, 0.717) is 5.69 Å². The Morgan fingerprint density at radius 1 is 1.18 bits per heavy atom. The van der Waals surface area contributed by atoms with Crippen LogP contribution in [0.25, 0.3) is 11.1 Å². The number of carbonyl (C=O) groups is 1. The zero-order valence-corrected chi connectivity index (χ0v) is 13.5. The van der Waals surface area contributed by atoms with Gasteiger partial charge in [-0.3, -0.25) is 5.32 Å². The van der Waals surface area contributed by atoms with E-state index >= 15 is 0 Å². The van der Waals surface area contributed by atoms with Crippen molar-refractivity contribution in [1.82, 2.24) is 4.98 Å². The zero-order chi connectivity index (χ0) is 16.4. The van der Waals surface area contributed by atoms with Gasteiger partial charge >= 0.3 is 6.09 Å². The topological polar surface area (TPSA) is 63.2 Å². The maximum atomic E-state index is 11.2. The lowest BCUT2D eigenvalue weighted by Crippen LogP contribution is -2.10. The summed E-state index contributed by atoms with van der Waals surface area (Å²) in [6.07, 6.45) is 2.50. The number of nitrogens with zero attached hydrogens (tertiary/aromatic N) is 1. The molecule has 2 N–H and O–H groups in total. The number of carbonyl (C=O) groups excluding carboxylic acids is 1. The van der Waals surface area contributed by atoms with Crippen molar-refractivity contribution in [2.24, 2.45) is 0 Å². The molecule has 0 saturated carbocycles. The average Bonchev–Trinajstić information content (AvgIpc) is 2.56. The molecule has 22 heavy (non-hydrogen) atoms. The van der Waals surface area contributed by atoms with Gasteiger partial charge in [0.25, 0.3) is 0 Å². The molecule has 0 unspecified atom stereocenters. The van der Waals surface area contributed by atoms with Crippen molar-refractivity contribution in [3.63, 3.8) is 0 Å². The third-order valence-corrected chi connectivity index (χ3v) is 2.64. The van der Waals surface area contributed by atoms with Crippen LogP contribution in [-0.2, 0) is 4.74 Å². The second-order valence-corrected chi connectivity index (χ2v) is 4.58. The van der Waals surface area contributed by atoms with Crippen molar-refractivity contribution < 1.29 is 9.53 Å². The van der Waals surface area contributed by atoms with Crippen LogP contribution in [-0.4, -0.2) is 25.2 Å². The molecule has 0 aliphatic carbocycles. The summed E-state index contributed by atoms with van der Waals surface area (Å²) in [5.41, 5.74) is 2.70. The number of rotatable bonds is 3. The van der Waals surface area contributed by atoms with Crippen LogP contribution in [0, 0.1) is 0 Å². The van der Waals surface area contributed by atoms with Gasteiger partial charge in [0, 0.05) is 18.9 Å². The second-order valence-electron chi connectivity index (χ2n) is 4.58.